The SMILES string of the molecule is CN=C(NCc1nc2ccc(C)cc2[nH]1)NC1CCN(c2ccccc2OC)C1.I. The van der Waals surface area contributed by atoms with Crippen LogP contribution in [-0.4, -0.2) is 49.2 Å². The average Bonchev–Trinajstić information content (AvgIpc) is 3.37. The van der Waals surface area contributed by atoms with Crippen LogP contribution in [0.25, 0.3) is 11.0 Å². The van der Waals surface area contributed by atoms with Gasteiger partial charge in [0.1, 0.15) is 11.6 Å². The van der Waals surface area contributed by atoms with E-state index in [-0.39, 0.29) is 24.0 Å². The number of guanidine groups is 1. The van der Waals surface area contributed by atoms with Crippen LogP contribution in [0.15, 0.2) is 47.5 Å². The van der Waals surface area contributed by atoms with Gasteiger partial charge in [0.2, 0.25) is 0 Å². The van der Waals surface area contributed by atoms with Crippen LogP contribution >= 0.6 is 24.0 Å². The van der Waals surface area contributed by atoms with Crippen molar-refractivity contribution in [3.8, 4) is 5.75 Å². The molecule has 4 rings (SSSR count). The fourth-order valence-corrected chi connectivity index (χ4v) is 3.80. The third kappa shape index (κ3) is 4.97. The number of H-pyrrole nitrogens is 1. The zero-order valence-electron chi connectivity index (χ0n) is 17.6. The predicted octanol–water partition coefficient (Wildman–Crippen LogP) is 3.44. The van der Waals surface area contributed by atoms with Crippen molar-refractivity contribution in [1.29, 1.82) is 0 Å². The Morgan fingerprint density at radius 3 is 2.93 bits per heavy atom. The highest BCUT2D eigenvalue weighted by Crippen LogP contribution is 2.30. The van der Waals surface area contributed by atoms with Crippen molar-refractivity contribution >= 4 is 46.7 Å². The molecule has 1 aliphatic rings. The molecule has 3 N–H and O–H groups in total. The number of halogens is 1. The molecule has 1 fully saturated rings. The molecule has 3 aromatic rings. The molecule has 0 spiro atoms. The Balaban J connectivity index is 0.00000256. The minimum atomic E-state index is 0. The summed E-state index contributed by atoms with van der Waals surface area (Å²) in [6, 6.07) is 14.7. The molecule has 1 aliphatic heterocycles. The first-order valence-corrected chi connectivity index (χ1v) is 9.96. The number of hydrogen-bond donors (Lipinski definition) is 3. The second-order valence-corrected chi connectivity index (χ2v) is 7.38. The third-order valence-corrected chi connectivity index (χ3v) is 5.29. The van der Waals surface area contributed by atoms with Gasteiger partial charge in [-0.3, -0.25) is 4.99 Å². The van der Waals surface area contributed by atoms with Gasteiger partial charge in [0.25, 0.3) is 0 Å². The fraction of sp³-hybridized carbons (Fsp3) is 0.364. The maximum Gasteiger partial charge on any atom is 0.191 e. The number of aromatic amines is 1. The standard InChI is InChI=1S/C22H28N6O.HI/c1-15-8-9-17-18(12-15)27-21(26-17)13-24-22(23-2)25-16-10-11-28(14-16)19-6-4-5-7-20(19)29-3;/h4-9,12,16H,10-11,13-14H2,1-3H3,(H,26,27)(H2,23,24,25);1H. The molecule has 30 heavy (non-hydrogen) atoms. The number of methoxy groups -OCH3 is 1. The molecule has 1 atom stereocenters. The van der Waals surface area contributed by atoms with Gasteiger partial charge in [-0.1, -0.05) is 18.2 Å². The summed E-state index contributed by atoms with van der Waals surface area (Å²) in [7, 11) is 3.51. The number of ether oxygens (including phenoxy) is 1. The van der Waals surface area contributed by atoms with Crippen molar-refractivity contribution in [3.63, 3.8) is 0 Å². The highest BCUT2D eigenvalue weighted by molar-refractivity contribution is 14.0. The molecule has 0 aliphatic carbocycles. The maximum absolute atomic E-state index is 5.51. The highest BCUT2D eigenvalue weighted by Gasteiger charge is 2.25. The summed E-state index contributed by atoms with van der Waals surface area (Å²) in [6.45, 7) is 4.57. The number of imidazole rings is 1. The first kappa shape index (κ1) is 22.2. The minimum absolute atomic E-state index is 0. The van der Waals surface area contributed by atoms with Gasteiger partial charge in [-0.2, -0.15) is 0 Å². The van der Waals surface area contributed by atoms with Gasteiger partial charge in [-0.05, 0) is 43.2 Å². The van der Waals surface area contributed by atoms with Gasteiger partial charge in [-0.25, -0.2) is 4.98 Å². The second kappa shape index (κ2) is 10.0. The lowest BCUT2D eigenvalue weighted by molar-refractivity contribution is 0.415. The van der Waals surface area contributed by atoms with Crippen molar-refractivity contribution in [2.45, 2.75) is 25.9 Å². The van der Waals surface area contributed by atoms with Crippen LogP contribution in [0, 0.1) is 6.92 Å². The van der Waals surface area contributed by atoms with Crippen LogP contribution in [0.3, 0.4) is 0 Å². The van der Waals surface area contributed by atoms with Gasteiger partial charge in [0.05, 0.1) is 30.4 Å². The number of rotatable bonds is 5. The average molecular weight is 520 g/mol. The smallest absolute Gasteiger partial charge is 0.191 e. The summed E-state index contributed by atoms with van der Waals surface area (Å²) in [5.74, 6) is 2.60. The molecule has 0 radical (unpaired) electrons. The number of aliphatic imine (C=N–C) groups is 1. The van der Waals surface area contributed by atoms with E-state index in [0.717, 1.165) is 53.8 Å². The zero-order valence-corrected chi connectivity index (χ0v) is 19.9. The molecular weight excluding hydrogens is 491 g/mol. The topological polar surface area (TPSA) is 77.6 Å². The van der Waals surface area contributed by atoms with Gasteiger partial charge >= 0.3 is 0 Å². The Morgan fingerprint density at radius 1 is 1.30 bits per heavy atom. The number of para-hydroxylation sites is 2. The molecule has 160 valence electrons. The summed E-state index contributed by atoms with van der Waals surface area (Å²) >= 11 is 0. The Labute approximate surface area is 194 Å². The summed E-state index contributed by atoms with van der Waals surface area (Å²) in [5, 5.41) is 6.90. The number of fused-ring (bicyclic) bond motifs is 1. The molecule has 2 aromatic carbocycles. The lowest BCUT2D eigenvalue weighted by atomic mass is 10.2. The first-order chi connectivity index (χ1) is 14.2. The van der Waals surface area contributed by atoms with E-state index in [4.69, 9.17) is 4.74 Å². The van der Waals surface area contributed by atoms with E-state index in [1.807, 2.05) is 24.3 Å². The Morgan fingerprint density at radius 2 is 2.13 bits per heavy atom. The van der Waals surface area contributed by atoms with E-state index >= 15 is 0 Å². The first-order valence-electron chi connectivity index (χ1n) is 9.96. The molecule has 1 aromatic heterocycles. The second-order valence-electron chi connectivity index (χ2n) is 7.38. The summed E-state index contributed by atoms with van der Waals surface area (Å²) in [5.41, 5.74) is 4.41. The molecule has 1 unspecified atom stereocenters. The number of benzene rings is 2. The molecule has 7 nitrogen and oxygen atoms in total. The van der Waals surface area contributed by atoms with Crippen molar-refractivity contribution in [2.75, 3.05) is 32.1 Å². The summed E-state index contributed by atoms with van der Waals surface area (Å²) in [4.78, 5) is 14.7. The monoisotopic (exact) mass is 520 g/mol. The van der Waals surface area contributed by atoms with E-state index in [9.17, 15) is 0 Å². The van der Waals surface area contributed by atoms with Gasteiger partial charge in [0.15, 0.2) is 5.96 Å². The van der Waals surface area contributed by atoms with Crippen LogP contribution < -0.4 is 20.3 Å². The number of nitrogens with zero attached hydrogens (tertiary/aromatic N) is 3. The van der Waals surface area contributed by atoms with Gasteiger partial charge < -0.3 is 25.3 Å². The molecular formula is C22H29IN6O. The Bertz CT molecular complexity index is 1020. The van der Waals surface area contributed by atoms with Gasteiger partial charge in [-0.15, -0.1) is 24.0 Å². The number of anilines is 1. The minimum Gasteiger partial charge on any atom is -0.495 e. The van der Waals surface area contributed by atoms with E-state index in [1.54, 1.807) is 14.2 Å². The molecule has 1 saturated heterocycles. The normalized spacial score (nSPS) is 16.4. The van der Waals surface area contributed by atoms with Crippen molar-refractivity contribution in [1.82, 2.24) is 20.6 Å². The van der Waals surface area contributed by atoms with Crippen LogP contribution in [0.4, 0.5) is 5.69 Å². The molecule has 0 bridgehead atoms. The van der Waals surface area contributed by atoms with E-state index < -0.39 is 0 Å². The quantitative estimate of drug-likeness (QED) is 0.273. The van der Waals surface area contributed by atoms with Crippen LogP contribution in [-0.2, 0) is 6.54 Å². The van der Waals surface area contributed by atoms with E-state index in [2.05, 4.69) is 55.6 Å². The Hall–Kier alpha value is -2.49. The molecule has 0 amide bonds. The molecule has 0 saturated carbocycles. The Kier molecular flexibility index (Phi) is 7.41. The van der Waals surface area contributed by atoms with Gasteiger partial charge in [0, 0.05) is 26.2 Å². The third-order valence-electron chi connectivity index (χ3n) is 5.29. The van der Waals surface area contributed by atoms with Crippen molar-refractivity contribution in [3.05, 3.63) is 53.9 Å². The number of aromatic nitrogens is 2. The largest absolute Gasteiger partial charge is 0.495 e. The molecule has 8 heteroatoms. The lowest BCUT2D eigenvalue weighted by Gasteiger charge is -2.22. The molecule has 2 heterocycles. The fourth-order valence-electron chi connectivity index (χ4n) is 3.80. The van der Waals surface area contributed by atoms with Crippen LogP contribution in [0.1, 0.15) is 17.8 Å². The van der Waals surface area contributed by atoms with Crippen LogP contribution in [0.2, 0.25) is 0 Å². The highest BCUT2D eigenvalue weighted by atomic mass is 127. The number of nitrogens with one attached hydrogen (secondary N) is 3. The number of aryl methyl sites for hydroxylation is 1. The number of hydrogen-bond acceptors (Lipinski definition) is 4. The van der Waals surface area contributed by atoms with E-state index in [0.29, 0.717) is 12.6 Å². The summed E-state index contributed by atoms with van der Waals surface area (Å²) in [6.07, 6.45) is 1.04. The summed E-state index contributed by atoms with van der Waals surface area (Å²) < 4.78 is 5.51. The zero-order chi connectivity index (χ0) is 20.2. The van der Waals surface area contributed by atoms with Crippen molar-refractivity contribution in [2.24, 2.45) is 4.99 Å². The van der Waals surface area contributed by atoms with E-state index in [1.165, 1.54) is 5.56 Å². The van der Waals surface area contributed by atoms with Crippen molar-refractivity contribution < 1.29 is 4.74 Å². The predicted molar refractivity (Wildman–Crippen MR) is 133 cm³/mol. The maximum atomic E-state index is 5.51. The van der Waals surface area contributed by atoms with Crippen LogP contribution in [0.5, 0.6) is 5.75 Å². The lowest BCUT2D eigenvalue weighted by Crippen LogP contribution is -2.44.